The largest absolute Gasteiger partial charge is 0.396 e. The number of carbonyl (C=O) groups is 1. The van der Waals surface area contributed by atoms with Gasteiger partial charge in [0.15, 0.2) is 0 Å². The Labute approximate surface area is 105 Å². The first-order valence-electron chi connectivity index (χ1n) is 4.93. The Balaban J connectivity index is 0.000000494. The molecule has 1 rings (SSSR count). The molecule has 0 saturated heterocycles. The monoisotopic (exact) mass is 276 g/mol. The topological polar surface area (TPSA) is 144 Å². The minimum absolute atomic E-state index is 0.0487. The molecule has 102 valence electrons. The molecule has 1 aromatic carbocycles. The van der Waals surface area contributed by atoms with Gasteiger partial charge >= 0.3 is 10.3 Å². The quantitative estimate of drug-likeness (QED) is 0.542. The molecule has 0 spiro atoms. The summed E-state index contributed by atoms with van der Waals surface area (Å²) in [5, 5.41) is 12.9. The number of aliphatic hydroxyl groups is 1. The number of primary amides is 1. The second-order valence-corrected chi connectivity index (χ2v) is 4.51. The molecule has 18 heavy (non-hydrogen) atoms. The minimum atomic E-state index is -4.17. The van der Waals surface area contributed by atoms with Crippen molar-refractivity contribution in [1.82, 2.24) is 0 Å². The zero-order valence-electron chi connectivity index (χ0n) is 9.56. The average molecular weight is 276 g/mol. The van der Waals surface area contributed by atoms with Crippen molar-refractivity contribution in [2.45, 2.75) is 12.3 Å². The lowest BCUT2D eigenvalue weighted by Gasteiger charge is -2.11. The molecular formula is C10H16N2O5S. The van der Waals surface area contributed by atoms with Gasteiger partial charge in [-0.2, -0.15) is 8.42 Å². The normalized spacial score (nSPS) is 12.2. The standard InChI is InChI=1S/C10H13NO2.H3NO3S/c11-10(13)6-9(7-12)8-4-2-1-3-5-8;1-5(2,3)4/h1-5,9,12H,6-7H2,(H2,11,13);(H3,1,2,3,4)/t9-;/m1./s1. The molecule has 0 heterocycles. The Hall–Kier alpha value is -1.48. The van der Waals surface area contributed by atoms with E-state index in [0.29, 0.717) is 0 Å². The summed E-state index contributed by atoms with van der Waals surface area (Å²) in [5.41, 5.74) is 6.00. The summed E-state index contributed by atoms with van der Waals surface area (Å²) >= 11 is 0. The van der Waals surface area contributed by atoms with Crippen molar-refractivity contribution in [3.8, 4) is 0 Å². The number of aliphatic hydroxyl groups excluding tert-OH is 1. The number of hydrogen-bond acceptors (Lipinski definition) is 4. The zero-order valence-corrected chi connectivity index (χ0v) is 10.4. The van der Waals surface area contributed by atoms with E-state index in [1.165, 1.54) is 0 Å². The SMILES string of the molecule is NC(=O)C[C@H](CO)c1ccccc1.NS(=O)(=O)O. The fraction of sp³-hybridized carbons (Fsp3) is 0.300. The van der Waals surface area contributed by atoms with Crippen molar-refractivity contribution in [1.29, 1.82) is 0 Å². The molecule has 0 aliphatic rings. The Bertz CT molecular complexity index is 452. The van der Waals surface area contributed by atoms with E-state index in [1.807, 2.05) is 30.3 Å². The fourth-order valence-corrected chi connectivity index (χ4v) is 1.26. The van der Waals surface area contributed by atoms with Crippen LogP contribution in [-0.2, 0) is 15.1 Å². The third-order valence-corrected chi connectivity index (χ3v) is 1.94. The van der Waals surface area contributed by atoms with Crippen LogP contribution >= 0.6 is 0 Å². The van der Waals surface area contributed by atoms with Crippen LogP contribution in [0.5, 0.6) is 0 Å². The smallest absolute Gasteiger partial charge is 0.330 e. The van der Waals surface area contributed by atoms with E-state index < -0.39 is 10.3 Å². The van der Waals surface area contributed by atoms with Crippen LogP contribution in [0.15, 0.2) is 30.3 Å². The van der Waals surface area contributed by atoms with Crippen LogP contribution in [-0.4, -0.2) is 30.6 Å². The molecule has 0 fully saturated rings. The van der Waals surface area contributed by atoms with Crippen molar-refractivity contribution in [3.05, 3.63) is 35.9 Å². The molecule has 0 aliphatic carbocycles. The number of nitrogens with two attached hydrogens (primary N) is 2. The van der Waals surface area contributed by atoms with Crippen molar-refractivity contribution in [2.24, 2.45) is 10.9 Å². The van der Waals surface area contributed by atoms with Gasteiger partial charge in [-0.25, -0.2) is 5.14 Å². The van der Waals surface area contributed by atoms with E-state index in [4.69, 9.17) is 23.8 Å². The highest BCUT2D eigenvalue weighted by Crippen LogP contribution is 2.17. The van der Waals surface area contributed by atoms with Crippen LogP contribution in [0.4, 0.5) is 0 Å². The first-order chi connectivity index (χ1) is 8.24. The summed E-state index contributed by atoms with van der Waals surface area (Å²) in [5.74, 6) is -0.554. The van der Waals surface area contributed by atoms with Gasteiger partial charge in [0.25, 0.3) is 0 Å². The van der Waals surface area contributed by atoms with Gasteiger partial charge < -0.3 is 10.8 Å². The summed E-state index contributed by atoms with van der Waals surface area (Å²) in [6.45, 7) is -0.0487. The second kappa shape index (κ2) is 7.77. The van der Waals surface area contributed by atoms with Gasteiger partial charge in [-0.1, -0.05) is 30.3 Å². The molecule has 1 atom stereocenters. The highest BCUT2D eigenvalue weighted by atomic mass is 32.2. The van der Waals surface area contributed by atoms with Gasteiger partial charge in [0, 0.05) is 12.3 Å². The summed E-state index contributed by atoms with van der Waals surface area (Å²) in [6, 6.07) is 9.40. The van der Waals surface area contributed by atoms with Crippen molar-refractivity contribution < 1.29 is 22.9 Å². The molecule has 0 aromatic heterocycles. The van der Waals surface area contributed by atoms with Crippen LogP contribution < -0.4 is 10.9 Å². The Morgan fingerprint density at radius 2 is 1.72 bits per heavy atom. The lowest BCUT2D eigenvalue weighted by atomic mass is 9.96. The molecule has 0 radical (unpaired) electrons. The van der Waals surface area contributed by atoms with Gasteiger partial charge in [0.05, 0.1) is 6.61 Å². The third-order valence-electron chi connectivity index (χ3n) is 1.94. The summed E-state index contributed by atoms with van der Waals surface area (Å²) in [7, 11) is -4.17. The maximum absolute atomic E-state index is 10.7. The van der Waals surface area contributed by atoms with Gasteiger partial charge in [-0.3, -0.25) is 9.35 Å². The summed E-state index contributed by atoms with van der Waals surface area (Å²) in [6.07, 6.45) is 0.195. The maximum atomic E-state index is 10.7. The molecule has 0 bridgehead atoms. The second-order valence-electron chi connectivity index (χ2n) is 3.48. The van der Waals surface area contributed by atoms with Gasteiger partial charge in [-0.05, 0) is 5.56 Å². The van der Waals surface area contributed by atoms with Crippen LogP contribution in [0.2, 0.25) is 0 Å². The number of amides is 1. The number of hydrogen-bond donors (Lipinski definition) is 4. The van der Waals surface area contributed by atoms with Crippen molar-refractivity contribution >= 4 is 16.2 Å². The van der Waals surface area contributed by atoms with E-state index in [2.05, 4.69) is 5.14 Å². The predicted molar refractivity (Wildman–Crippen MR) is 65.8 cm³/mol. The van der Waals surface area contributed by atoms with E-state index in [1.54, 1.807) is 0 Å². The Morgan fingerprint density at radius 3 is 2.06 bits per heavy atom. The van der Waals surface area contributed by atoms with Gasteiger partial charge in [0.2, 0.25) is 5.91 Å². The van der Waals surface area contributed by atoms with E-state index in [9.17, 15) is 4.79 Å². The van der Waals surface area contributed by atoms with Gasteiger partial charge in [0.1, 0.15) is 0 Å². The van der Waals surface area contributed by atoms with Gasteiger partial charge in [-0.15, -0.1) is 0 Å². The molecular weight excluding hydrogens is 260 g/mol. The number of benzene rings is 1. The van der Waals surface area contributed by atoms with Crippen molar-refractivity contribution in [3.63, 3.8) is 0 Å². The predicted octanol–water partition coefficient (Wildman–Crippen LogP) is -0.614. The van der Waals surface area contributed by atoms with E-state index >= 15 is 0 Å². The zero-order chi connectivity index (χ0) is 14.2. The highest BCUT2D eigenvalue weighted by Gasteiger charge is 2.12. The van der Waals surface area contributed by atoms with E-state index in [0.717, 1.165) is 5.56 Å². The van der Waals surface area contributed by atoms with Crippen LogP contribution in [0, 0.1) is 0 Å². The van der Waals surface area contributed by atoms with E-state index in [-0.39, 0.29) is 24.9 Å². The molecule has 0 aliphatic heterocycles. The molecule has 6 N–H and O–H groups in total. The molecule has 0 saturated carbocycles. The van der Waals surface area contributed by atoms with Crippen LogP contribution in [0.1, 0.15) is 17.9 Å². The molecule has 1 aromatic rings. The third kappa shape index (κ3) is 9.73. The van der Waals surface area contributed by atoms with Crippen LogP contribution in [0.3, 0.4) is 0 Å². The first kappa shape index (κ1) is 16.5. The maximum Gasteiger partial charge on any atom is 0.330 e. The summed E-state index contributed by atoms with van der Waals surface area (Å²) in [4.78, 5) is 10.7. The lowest BCUT2D eigenvalue weighted by molar-refractivity contribution is -0.118. The lowest BCUT2D eigenvalue weighted by Crippen LogP contribution is -2.17. The number of carbonyl (C=O) groups excluding carboxylic acids is 1. The molecule has 0 unspecified atom stereocenters. The van der Waals surface area contributed by atoms with Crippen LogP contribution in [0.25, 0.3) is 0 Å². The highest BCUT2D eigenvalue weighted by molar-refractivity contribution is 7.83. The van der Waals surface area contributed by atoms with Crippen molar-refractivity contribution in [2.75, 3.05) is 6.61 Å². The number of rotatable bonds is 4. The average Bonchev–Trinajstić information content (AvgIpc) is 2.24. The molecule has 7 nitrogen and oxygen atoms in total. The molecule has 1 amide bonds. The summed E-state index contributed by atoms with van der Waals surface area (Å²) < 4.78 is 25.2. The minimum Gasteiger partial charge on any atom is -0.396 e. The Kier molecular flexibility index (Phi) is 7.13. The first-order valence-corrected chi connectivity index (χ1v) is 6.43. The molecule has 8 heteroatoms. The fourth-order valence-electron chi connectivity index (χ4n) is 1.26. The Morgan fingerprint density at radius 1 is 1.28 bits per heavy atom.